The zero-order valence-electron chi connectivity index (χ0n) is 19.5. The highest BCUT2D eigenvalue weighted by molar-refractivity contribution is 6.15. The van der Waals surface area contributed by atoms with Gasteiger partial charge < -0.3 is 25.0 Å². The van der Waals surface area contributed by atoms with Crippen LogP contribution in [0.2, 0.25) is 0 Å². The van der Waals surface area contributed by atoms with Crippen LogP contribution in [0.3, 0.4) is 0 Å². The van der Waals surface area contributed by atoms with Crippen LogP contribution < -0.4 is 15.0 Å². The maximum absolute atomic E-state index is 15.1. The number of hydrogen-bond acceptors (Lipinski definition) is 8. The molecule has 3 N–H and O–H groups in total. The summed E-state index contributed by atoms with van der Waals surface area (Å²) in [6.45, 7) is 6.88. The minimum atomic E-state index is -0.965. The Kier molecular flexibility index (Phi) is 6.73. The minimum absolute atomic E-state index is 0.00397. The van der Waals surface area contributed by atoms with Crippen LogP contribution in [0.5, 0.6) is 11.8 Å². The summed E-state index contributed by atoms with van der Waals surface area (Å²) in [6.07, 6.45) is 3.87. The molecule has 0 bridgehead atoms. The molecule has 11 heteroatoms. The third-order valence-electron chi connectivity index (χ3n) is 5.55. The zero-order chi connectivity index (χ0) is 24.4. The number of rotatable bonds is 9. The van der Waals surface area contributed by atoms with Crippen molar-refractivity contribution in [3.05, 3.63) is 35.9 Å². The number of aromatic nitrogens is 5. The monoisotopic (exact) mass is 471 g/mol. The van der Waals surface area contributed by atoms with Gasteiger partial charge in [0.05, 0.1) is 34.4 Å². The standard InChI is InChI=1S/C23H27F2N7O2/c1-5-7-8-32(6-2)22-17-16-18(25)14(24)9-15(26-4)19(16)29-21(17)30-23(31-22)34-13-10-27-20(12(3)33)28-11-13/h9-12,26,33H,5-8H2,1-4H3,(H,29,30,31). The number of benzene rings is 1. The molecule has 1 aromatic carbocycles. The molecular formula is C23H27F2N7O2. The predicted molar refractivity (Wildman–Crippen MR) is 126 cm³/mol. The average molecular weight is 472 g/mol. The molecule has 34 heavy (non-hydrogen) atoms. The van der Waals surface area contributed by atoms with Gasteiger partial charge in [-0.05, 0) is 20.3 Å². The summed E-state index contributed by atoms with van der Waals surface area (Å²) in [5.41, 5.74) is 1.10. The summed E-state index contributed by atoms with van der Waals surface area (Å²) < 4.78 is 35.3. The van der Waals surface area contributed by atoms with Crippen LogP contribution in [0, 0.1) is 11.6 Å². The van der Waals surface area contributed by atoms with Gasteiger partial charge in [0.1, 0.15) is 17.6 Å². The Morgan fingerprint density at radius 2 is 1.91 bits per heavy atom. The number of unbranched alkanes of at least 4 members (excludes halogenated alkanes) is 1. The molecule has 180 valence electrons. The van der Waals surface area contributed by atoms with Crippen LogP contribution >= 0.6 is 0 Å². The number of aliphatic hydroxyl groups excluding tert-OH is 1. The van der Waals surface area contributed by atoms with Gasteiger partial charge in [0.2, 0.25) is 0 Å². The van der Waals surface area contributed by atoms with Crippen LogP contribution in [-0.2, 0) is 0 Å². The maximum Gasteiger partial charge on any atom is 0.326 e. The molecule has 0 fully saturated rings. The van der Waals surface area contributed by atoms with E-state index in [0.29, 0.717) is 41.1 Å². The Morgan fingerprint density at radius 1 is 1.18 bits per heavy atom. The Morgan fingerprint density at radius 3 is 2.53 bits per heavy atom. The highest BCUT2D eigenvalue weighted by Gasteiger charge is 2.24. The first-order valence-electron chi connectivity index (χ1n) is 11.2. The Balaban J connectivity index is 1.91. The van der Waals surface area contributed by atoms with E-state index < -0.39 is 17.7 Å². The van der Waals surface area contributed by atoms with Crippen molar-refractivity contribution in [1.82, 2.24) is 24.9 Å². The van der Waals surface area contributed by atoms with E-state index in [0.717, 1.165) is 18.9 Å². The summed E-state index contributed by atoms with van der Waals surface area (Å²) in [6, 6.07) is 1.11. The number of halogens is 2. The lowest BCUT2D eigenvalue weighted by Gasteiger charge is -2.23. The second kappa shape index (κ2) is 9.72. The third-order valence-corrected chi connectivity index (χ3v) is 5.55. The Bertz CT molecular complexity index is 1310. The van der Waals surface area contributed by atoms with Crippen molar-refractivity contribution in [3.63, 3.8) is 0 Å². The van der Waals surface area contributed by atoms with Crippen LogP contribution in [0.1, 0.15) is 45.5 Å². The van der Waals surface area contributed by atoms with Gasteiger partial charge in [-0.2, -0.15) is 9.97 Å². The van der Waals surface area contributed by atoms with E-state index in [4.69, 9.17) is 4.74 Å². The molecule has 0 radical (unpaired) electrons. The lowest BCUT2D eigenvalue weighted by molar-refractivity contribution is 0.188. The molecule has 0 aliphatic carbocycles. The van der Waals surface area contributed by atoms with Crippen LogP contribution in [-0.4, -0.2) is 50.2 Å². The van der Waals surface area contributed by atoms with Gasteiger partial charge in [-0.3, -0.25) is 0 Å². The molecule has 1 unspecified atom stereocenters. The molecule has 9 nitrogen and oxygen atoms in total. The van der Waals surface area contributed by atoms with E-state index in [1.807, 2.05) is 11.8 Å². The topological polar surface area (TPSA) is 112 Å². The largest absolute Gasteiger partial charge is 0.421 e. The fourth-order valence-electron chi connectivity index (χ4n) is 3.79. The minimum Gasteiger partial charge on any atom is -0.421 e. The first kappa shape index (κ1) is 23.6. The molecule has 0 saturated carbocycles. The number of anilines is 2. The Labute approximate surface area is 195 Å². The molecule has 4 rings (SSSR count). The first-order valence-corrected chi connectivity index (χ1v) is 11.2. The molecule has 0 amide bonds. The number of fused-ring (bicyclic) bond motifs is 3. The van der Waals surface area contributed by atoms with E-state index in [1.54, 1.807) is 14.0 Å². The van der Waals surface area contributed by atoms with Crippen molar-refractivity contribution >= 4 is 33.4 Å². The number of aliphatic hydroxyl groups is 1. The quantitative estimate of drug-likeness (QED) is 0.322. The molecule has 0 saturated heterocycles. The predicted octanol–water partition coefficient (Wildman–Crippen LogP) is 4.69. The van der Waals surface area contributed by atoms with Crippen molar-refractivity contribution in [2.24, 2.45) is 0 Å². The van der Waals surface area contributed by atoms with Gasteiger partial charge in [-0.1, -0.05) is 13.3 Å². The summed E-state index contributed by atoms with van der Waals surface area (Å²) in [4.78, 5) is 22.2. The lowest BCUT2D eigenvalue weighted by Crippen LogP contribution is -2.25. The van der Waals surface area contributed by atoms with Gasteiger partial charge >= 0.3 is 6.01 Å². The molecule has 0 spiro atoms. The van der Waals surface area contributed by atoms with Crippen molar-refractivity contribution < 1.29 is 18.6 Å². The average Bonchev–Trinajstić information content (AvgIpc) is 3.22. The van der Waals surface area contributed by atoms with Gasteiger partial charge in [0.25, 0.3) is 0 Å². The fraction of sp³-hybridized carbons (Fsp3) is 0.391. The van der Waals surface area contributed by atoms with Crippen LogP contribution in [0.15, 0.2) is 18.5 Å². The second-order valence-electron chi connectivity index (χ2n) is 7.89. The summed E-state index contributed by atoms with van der Waals surface area (Å²) in [5, 5.41) is 13.0. The molecule has 4 aromatic rings. The first-order chi connectivity index (χ1) is 16.4. The molecule has 0 aliphatic heterocycles. The maximum atomic E-state index is 15.1. The number of ether oxygens (including phenoxy) is 1. The summed E-state index contributed by atoms with van der Waals surface area (Å²) >= 11 is 0. The van der Waals surface area contributed by atoms with Crippen LogP contribution in [0.25, 0.3) is 21.9 Å². The van der Waals surface area contributed by atoms with E-state index >= 15 is 4.39 Å². The van der Waals surface area contributed by atoms with Gasteiger partial charge in [0, 0.05) is 26.2 Å². The van der Waals surface area contributed by atoms with E-state index in [-0.39, 0.29) is 23.0 Å². The Hall–Kier alpha value is -3.60. The van der Waals surface area contributed by atoms with Crippen molar-refractivity contribution in [2.75, 3.05) is 30.4 Å². The SMILES string of the molecule is CCCCN(CC)c1nc(Oc2cnc(C(C)O)nc2)nc2[nH]c3c(NC)cc(F)c(F)c3c12. The van der Waals surface area contributed by atoms with Crippen molar-refractivity contribution in [3.8, 4) is 11.8 Å². The highest BCUT2D eigenvalue weighted by Crippen LogP contribution is 2.39. The molecular weight excluding hydrogens is 444 g/mol. The van der Waals surface area contributed by atoms with Gasteiger partial charge in [0.15, 0.2) is 23.2 Å². The third kappa shape index (κ3) is 4.30. The van der Waals surface area contributed by atoms with Crippen molar-refractivity contribution in [1.29, 1.82) is 0 Å². The number of aromatic amines is 1. The van der Waals surface area contributed by atoms with E-state index in [2.05, 4.69) is 37.2 Å². The number of hydrogen-bond donors (Lipinski definition) is 3. The van der Waals surface area contributed by atoms with E-state index in [9.17, 15) is 9.50 Å². The number of nitrogens with one attached hydrogen (secondary N) is 2. The summed E-state index contributed by atoms with van der Waals surface area (Å²) in [5.74, 6) is -0.955. The van der Waals surface area contributed by atoms with Gasteiger partial charge in [-0.15, -0.1) is 0 Å². The molecule has 0 aliphatic rings. The van der Waals surface area contributed by atoms with Crippen LogP contribution in [0.4, 0.5) is 20.3 Å². The lowest BCUT2D eigenvalue weighted by atomic mass is 10.1. The number of nitrogens with zero attached hydrogens (tertiary/aromatic N) is 5. The van der Waals surface area contributed by atoms with Gasteiger partial charge in [-0.25, -0.2) is 18.7 Å². The molecule has 3 heterocycles. The number of H-pyrrole nitrogens is 1. The molecule has 1 atom stereocenters. The zero-order valence-corrected chi connectivity index (χ0v) is 19.5. The highest BCUT2D eigenvalue weighted by atomic mass is 19.2. The molecule has 3 aromatic heterocycles. The van der Waals surface area contributed by atoms with E-state index in [1.165, 1.54) is 12.4 Å². The summed E-state index contributed by atoms with van der Waals surface area (Å²) in [7, 11) is 1.63. The van der Waals surface area contributed by atoms with Crippen molar-refractivity contribution in [2.45, 2.75) is 39.7 Å². The normalized spacial score (nSPS) is 12.3. The second-order valence-corrected chi connectivity index (χ2v) is 7.89. The fourth-order valence-corrected chi connectivity index (χ4v) is 3.79. The smallest absolute Gasteiger partial charge is 0.326 e.